The molecule has 0 aliphatic rings. The van der Waals surface area contributed by atoms with Gasteiger partial charge in [-0.1, -0.05) is 11.6 Å². The van der Waals surface area contributed by atoms with Gasteiger partial charge in [0.25, 0.3) is 5.91 Å². The van der Waals surface area contributed by atoms with Gasteiger partial charge in [-0.3, -0.25) is 4.79 Å². The van der Waals surface area contributed by atoms with Gasteiger partial charge < -0.3 is 11.1 Å². The highest BCUT2D eigenvalue weighted by molar-refractivity contribution is 9.10. The summed E-state index contributed by atoms with van der Waals surface area (Å²) in [6.45, 7) is 1.92. The summed E-state index contributed by atoms with van der Waals surface area (Å²) < 4.78 is 1.43. The Morgan fingerprint density at radius 3 is 2.74 bits per heavy atom. The smallest absolute Gasteiger partial charge is 0.251 e. The Labute approximate surface area is 128 Å². The van der Waals surface area contributed by atoms with Gasteiger partial charge >= 0.3 is 0 Å². The molecule has 0 fully saturated rings. The van der Waals surface area contributed by atoms with Crippen molar-refractivity contribution in [3.05, 3.63) is 49.6 Å². The van der Waals surface area contributed by atoms with E-state index in [4.69, 9.17) is 17.3 Å². The summed E-state index contributed by atoms with van der Waals surface area (Å²) in [6.07, 6.45) is 0. The maximum absolute atomic E-state index is 12.1. The first-order valence-corrected chi connectivity index (χ1v) is 7.57. The predicted octanol–water partition coefficient (Wildman–Crippen LogP) is 4.24. The summed E-state index contributed by atoms with van der Waals surface area (Å²) in [5.41, 5.74) is 6.86. The van der Waals surface area contributed by atoms with Crippen molar-refractivity contribution in [2.45, 2.75) is 13.0 Å². The van der Waals surface area contributed by atoms with E-state index in [1.165, 1.54) is 11.3 Å². The van der Waals surface area contributed by atoms with Gasteiger partial charge in [0.15, 0.2) is 0 Å². The Hall–Kier alpha value is -1.04. The molecule has 1 heterocycles. The van der Waals surface area contributed by atoms with E-state index in [2.05, 4.69) is 21.2 Å². The first kappa shape index (κ1) is 14.4. The van der Waals surface area contributed by atoms with Crippen LogP contribution in [-0.4, -0.2) is 5.91 Å². The fraction of sp³-hybridized carbons (Fsp3) is 0.154. The molecule has 2 rings (SSSR count). The van der Waals surface area contributed by atoms with Crippen molar-refractivity contribution in [1.29, 1.82) is 0 Å². The second-order valence-electron chi connectivity index (χ2n) is 4.07. The van der Waals surface area contributed by atoms with Gasteiger partial charge in [-0.15, -0.1) is 11.3 Å². The Balaban J connectivity index is 2.10. The van der Waals surface area contributed by atoms with Crippen LogP contribution in [0, 0.1) is 0 Å². The number of amides is 1. The van der Waals surface area contributed by atoms with Gasteiger partial charge in [0, 0.05) is 20.6 Å². The molecule has 1 atom stereocenters. The number of carbonyl (C=O) groups excluding carboxylic acids is 1. The van der Waals surface area contributed by atoms with Gasteiger partial charge in [-0.2, -0.15) is 0 Å². The highest BCUT2D eigenvalue weighted by Crippen LogP contribution is 2.27. The van der Waals surface area contributed by atoms with Crippen LogP contribution in [0.25, 0.3) is 0 Å². The van der Waals surface area contributed by atoms with Crippen LogP contribution >= 0.6 is 38.9 Å². The molecule has 1 unspecified atom stereocenters. The van der Waals surface area contributed by atoms with Crippen LogP contribution < -0.4 is 11.1 Å². The average Bonchev–Trinajstić information content (AvgIpc) is 2.79. The van der Waals surface area contributed by atoms with Crippen LogP contribution in [0.5, 0.6) is 0 Å². The van der Waals surface area contributed by atoms with E-state index in [0.29, 0.717) is 20.1 Å². The minimum Gasteiger partial charge on any atom is -0.398 e. The summed E-state index contributed by atoms with van der Waals surface area (Å²) in [6, 6.07) is 8.76. The quantitative estimate of drug-likeness (QED) is 0.805. The molecule has 0 spiro atoms. The van der Waals surface area contributed by atoms with Crippen LogP contribution in [0.4, 0.5) is 5.69 Å². The Bertz CT molecular complexity index is 614. The van der Waals surface area contributed by atoms with Crippen molar-refractivity contribution in [2.75, 3.05) is 5.73 Å². The lowest BCUT2D eigenvalue weighted by atomic mass is 10.2. The number of nitrogen functional groups attached to an aromatic ring is 1. The molecule has 3 N–H and O–H groups in total. The first-order valence-electron chi connectivity index (χ1n) is 5.58. The molecule has 100 valence electrons. The molecule has 0 aliphatic carbocycles. The molecule has 0 aliphatic heterocycles. The number of nitrogens with one attached hydrogen (secondary N) is 1. The molecule has 2 aromatic rings. The summed E-state index contributed by atoms with van der Waals surface area (Å²) in [4.78, 5) is 13.1. The standard InChI is InChI=1S/C13H12BrClN2OS/c1-7(11-4-5-12(15)19-11)17-13(18)8-2-3-10(16)9(14)6-8/h2-7H,16H2,1H3,(H,17,18). The molecule has 19 heavy (non-hydrogen) atoms. The molecule has 1 aromatic heterocycles. The molecule has 1 aromatic carbocycles. The Morgan fingerprint density at radius 2 is 2.16 bits per heavy atom. The summed E-state index contributed by atoms with van der Waals surface area (Å²) in [5, 5.41) is 2.92. The zero-order valence-electron chi connectivity index (χ0n) is 10.1. The zero-order valence-corrected chi connectivity index (χ0v) is 13.3. The second-order valence-corrected chi connectivity index (χ2v) is 6.67. The van der Waals surface area contributed by atoms with E-state index in [1.807, 2.05) is 19.1 Å². The van der Waals surface area contributed by atoms with E-state index in [1.54, 1.807) is 18.2 Å². The second kappa shape index (κ2) is 5.94. The first-order chi connectivity index (χ1) is 8.97. The lowest BCUT2D eigenvalue weighted by Gasteiger charge is -2.12. The number of rotatable bonds is 3. The van der Waals surface area contributed by atoms with Crippen molar-refractivity contribution in [2.24, 2.45) is 0 Å². The fourth-order valence-electron chi connectivity index (χ4n) is 1.58. The van der Waals surface area contributed by atoms with Crippen LogP contribution in [0.1, 0.15) is 28.2 Å². The van der Waals surface area contributed by atoms with Gasteiger partial charge in [-0.25, -0.2) is 0 Å². The molecule has 1 amide bonds. The van der Waals surface area contributed by atoms with Gasteiger partial charge in [0.05, 0.1) is 10.4 Å². The normalized spacial score (nSPS) is 12.2. The number of anilines is 1. The lowest BCUT2D eigenvalue weighted by molar-refractivity contribution is 0.0940. The monoisotopic (exact) mass is 358 g/mol. The number of thiophene rings is 1. The molecule has 0 bridgehead atoms. The van der Waals surface area contributed by atoms with Crippen molar-refractivity contribution in [1.82, 2.24) is 5.32 Å². The number of hydrogen-bond acceptors (Lipinski definition) is 3. The van der Waals surface area contributed by atoms with Crippen LogP contribution in [-0.2, 0) is 0 Å². The number of nitrogens with two attached hydrogens (primary N) is 1. The van der Waals surface area contributed by atoms with Gasteiger partial charge in [0.1, 0.15) is 0 Å². The molecule has 0 saturated carbocycles. The molecule has 6 heteroatoms. The topological polar surface area (TPSA) is 55.1 Å². The third-order valence-electron chi connectivity index (χ3n) is 2.63. The van der Waals surface area contributed by atoms with Crippen LogP contribution in [0.15, 0.2) is 34.8 Å². The third-order valence-corrected chi connectivity index (χ3v) is 4.73. The molecule has 0 saturated heterocycles. The maximum Gasteiger partial charge on any atom is 0.251 e. The van der Waals surface area contributed by atoms with Crippen molar-refractivity contribution < 1.29 is 4.79 Å². The number of benzene rings is 1. The lowest BCUT2D eigenvalue weighted by Crippen LogP contribution is -2.26. The maximum atomic E-state index is 12.1. The van der Waals surface area contributed by atoms with E-state index in [-0.39, 0.29) is 11.9 Å². The third kappa shape index (κ3) is 3.49. The average molecular weight is 360 g/mol. The predicted molar refractivity (Wildman–Crippen MR) is 83.8 cm³/mol. The minimum atomic E-state index is -0.141. The summed E-state index contributed by atoms with van der Waals surface area (Å²) in [5.74, 6) is -0.141. The highest BCUT2D eigenvalue weighted by Gasteiger charge is 2.13. The molecule has 3 nitrogen and oxygen atoms in total. The van der Waals surface area contributed by atoms with E-state index < -0.39 is 0 Å². The van der Waals surface area contributed by atoms with Crippen molar-refractivity contribution in [3.63, 3.8) is 0 Å². The SMILES string of the molecule is CC(NC(=O)c1ccc(N)c(Br)c1)c1ccc(Cl)s1. The van der Waals surface area contributed by atoms with Crippen molar-refractivity contribution >= 4 is 50.5 Å². The number of halogens is 2. The van der Waals surface area contributed by atoms with Gasteiger partial charge in [-0.05, 0) is 53.2 Å². The van der Waals surface area contributed by atoms with Crippen molar-refractivity contribution in [3.8, 4) is 0 Å². The molecule has 0 radical (unpaired) electrons. The Kier molecular flexibility index (Phi) is 4.50. The van der Waals surface area contributed by atoms with E-state index >= 15 is 0 Å². The summed E-state index contributed by atoms with van der Waals surface area (Å²) >= 11 is 10.7. The van der Waals surface area contributed by atoms with E-state index in [9.17, 15) is 4.79 Å². The Morgan fingerprint density at radius 1 is 1.42 bits per heavy atom. The largest absolute Gasteiger partial charge is 0.398 e. The zero-order chi connectivity index (χ0) is 14.0. The van der Waals surface area contributed by atoms with Crippen LogP contribution in [0.3, 0.4) is 0 Å². The minimum absolute atomic E-state index is 0.0821. The van der Waals surface area contributed by atoms with E-state index in [0.717, 1.165) is 4.88 Å². The van der Waals surface area contributed by atoms with Crippen LogP contribution in [0.2, 0.25) is 4.34 Å². The summed E-state index contributed by atoms with van der Waals surface area (Å²) in [7, 11) is 0. The molecular formula is C13H12BrClN2OS. The highest BCUT2D eigenvalue weighted by atomic mass is 79.9. The van der Waals surface area contributed by atoms with Gasteiger partial charge in [0.2, 0.25) is 0 Å². The number of carbonyl (C=O) groups is 1. The number of hydrogen-bond donors (Lipinski definition) is 2. The fourth-order valence-corrected chi connectivity index (χ4v) is 3.02. The molecular weight excluding hydrogens is 348 g/mol.